The Morgan fingerprint density at radius 2 is 1.94 bits per heavy atom. The predicted octanol–water partition coefficient (Wildman–Crippen LogP) is 0.499. The highest BCUT2D eigenvalue weighted by atomic mass is 127. The average molecular weight is 372 g/mol. The number of hydrogen-bond donors (Lipinski definition) is 1. The van der Waals surface area contributed by atoms with E-state index in [9.17, 15) is 0 Å². The molecular formula is C14H13ClIN2-. The third kappa shape index (κ3) is 4.31. The van der Waals surface area contributed by atoms with E-state index in [1.165, 1.54) is 0 Å². The molecule has 2 aromatic rings. The Bertz CT molecular complexity index is 497. The average Bonchev–Trinajstić information content (AvgIpc) is 2.38. The van der Waals surface area contributed by atoms with Gasteiger partial charge in [-0.05, 0) is 29.3 Å². The van der Waals surface area contributed by atoms with Crippen molar-refractivity contribution in [1.82, 2.24) is 10.3 Å². The van der Waals surface area contributed by atoms with Crippen molar-refractivity contribution in [3.63, 3.8) is 0 Å². The van der Waals surface area contributed by atoms with Crippen molar-refractivity contribution in [2.24, 2.45) is 0 Å². The fraction of sp³-hybridized carbons (Fsp3) is 0.0714. The molecule has 0 saturated heterocycles. The van der Waals surface area contributed by atoms with Gasteiger partial charge in [0.2, 0.25) is 0 Å². The minimum Gasteiger partial charge on any atom is -1.00 e. The normalized spacial score (nSPS) is 9.39. The van der Waals surface area contributed by atoms with E-state index in [-0.39, 0.29) is 24.0 Å². The highest BCUT2D eigenvalue weighted by molar-refractivity contribution is 6.30. The predicted molar refractivity (Wildman–Crippen MR) is 71.6 cm³/mol. The monoisotopic (exact) mass is 371 g/mol. The van der Waals surface area contributed by atoms with E-state index in [0.29, 0.717) is 0 Å². The zero-order valence-corrected chi connectivity index (χ0v) is 12.6. The largest absolute Gasteiger partial charge is 1.00 e. The molecule has 1 heterocycles. The second-order valence-corrected chi connectivity index (χ2v) is 4.14. The van der Waals surface area contributed by atoms with E-state index in [1.54, 1.807) is 6.20 Å². The summed E-state index contributed by atoms with van der Waals surface area (Å²) >= 11 is 5.83. The van der Waals surface area contributed by atoms with Crippen LogP contribution in [0, 0.1) is 0 Å². The number of halogens is 2. The summed E-state index contributed by atoms with van der Waals surface area (Å²) in [4.78, 5) is 4.06. The van der Waals surface area contributed by atoms with Gasteiger partial charge in [-0.2, -0.15) is 0 Å². The summed E-state index contributed by atoms with van der Waals surface area (Å²) in [5.74, 6) is 0. The molecule has 4 heteroatoms. The molecular weight excluding hydrogens is 359 g/mol. The Morgan fingerprint density at radius 1 is 1.22 bits per heavy atom. The fourth-order valence-electron chi connectivity index (χ4n) is 1.46. The minimum absolute atomic E-state index is 0. The SMILES string of the molecule is C=C(NCc1cccnc1)c1ccc(Cl)cc1.[I-]. The van der Waals surface area contributed by atoms with Crippen LogP contribution in [0.25, 0.3) is 5.70 Å². The molecule has 1 N–H and O–H groups in total. The quantitative estimate of drug-likeness (QED) is 0.792. The Hall–Kier alpha value is -1.07. The first-order valence-electron chi connectivity index (χ1n) is 5.33. The van der Waals surface area contributed by atoms with Gasteiger partial charge in [0.05, 0.1) is 0 Å². The summed E-state index contributed by atoms with van der Waals surface area (Å²) in [6.07, 6.45) is 3.60. The molecule has 18 heavy (non-hydrogen) atoms. The second kappa shape index (κ2) is 7.38. The summed E-state index contributed by atoms with van der Waals surface area (Å²) < 4.78 is 0. The van der Waals surface area contributed by atoms with Crippen molar-refractivity contribution in [2.75, 3.05) is 0 Å². The van der Waals surface area contributed by atoms with Gasteiger partial charge in [-0.3, -0.25) is 4.98 Å². The maximum Gasteiger partial charge on any atom is 0.0416 e. The van der Waals surface area contributed by atoms with E-state index >= 15 is 0 Å². The third-order valence-corrected chi connectivity index (χ3v) is 2.67. The summed E-state index contributed by atoms with van der Waals surface area (Å²) in [5, 5.41) is 3.99. The minimum atomic E-state index is 0. The van der Waals surface area contributed by atoms with Crippen LogP contribution in [0.4, 0.5) is 0 Å². The number of nitrogens with zero attached hydrogens (tertiary/aromatic N) is 1. The van der Waals surface area contributed by atoms with Crippen molar-refractivity contribution < 1.29 is 24.0 Å². The first-order valence-corrected chi connectivity index (χ1v) is 5.71. The van der Waals surface area contributed by atoms with Crippen LogP contribution >= 0.6 is 11.6 Å². The van der Waals surface area contributed by atoms with Gasteiger partial charge in [0, 0.05) is 29.7 Å². The lowest BCUT2D eigenvalue weighted by molar-refractivity contribution is -0.00000340. The summed E-state index contributed by atoms with van der Waals surface area (Å²) in [6.45, 7) is 4.71. The Morgan fingerprint density at radius 3 is 2.56 bits per heavy atom. The third-order valence-electron chi connectivity index (χ3n) is 2.42. The van der Waals surface area contributed by atoms with Gasteiger partial charge in [0.25, 0.3) is 0 Å². The van der Waals surface area contributed by atoms with Crippen molar-refractivity contribution in [3.8, 4) is 0 Å². The lowest BCUT2D eigenvalue weighted by atomic mass is 10.1. The van der Waals surface area contributed by atoms with Crippen LogP contribution in [-0.2, 0) is 6.54 Å². The Balaban J connectivity index is 0.00000162. The van der Waals surface area contributed by atoms with Crippen LogP contribution in [-0.4, -0.2) is 4.98 Å². The van der Waals surface area contributed by atoms with Crippen molar-refractivity contribution in [2.45, 2.75) is 6.54 Å². The number of rotatable bonds is 4. The van der Waals surface area contributed by atoms with Crippen LogP contribution in [0.5, 0.6) is 0 Å². The summed E-state index contributed by atoms with van der Waals surface area (Å²) in [6, 6.07) is 11.5. The van der Waals surface area contributed by atoms with E-state index in [0.717, 1.165) is 28.4 Å². The lowest BCUT2D eigenvalue weighted by Gasteiger charge is -2.09. The number of aromatic nitrogens is 1. The molecule has 0 unspecified atom stereocenters. The van der Waals surface area contributed by atoms with Gasteiger partial charge in [-0.15, -0.1) is 0 Å². The van der Waals surface area contributed by atoms with Crippen LogP contribution in [0.3, 0.4) is 0 Å². The summed E-state index contributed by atoms with van der Waals surface area (Å²) in [5.41, 5.74) is 3.05. The molecule has 1 aromatic heterocycles. The van der Waals surface area contributed by atoms with Gasteiger partial charge in [0.1, 0.15) is 0 Å². The van der Waals surface area contributed by atoms with Crippen molar-refractivity contribution in [1.29, 1.82) is 0 Å². The van der Waals surface area contributed by atoms with Crippen molar-refractivity contribution >= 4 is 17.3 Å². The molecule has 0 aliphatic heterocycles. The van der Waals surface area contributed by atoms with Crippen LogP contribution in [0.2, 0.25) is 5.02 Å². The number of pyridine rings is 1. The van der Waals surface area contributed by atoms with Crippen LogP contribution < -0.4 is 29.3 Å². The van der Waals surface area contributed by atoms with E-state index in [2.05, 4.69) is 16.9 Å². The van der Waals surface area contributed by atoms with Gasteiger partial charge in [-0.25, -0.2) is 0 Å². The Labute approximate surface area is 129 Å². The van der Waals surface area contributed by atoms with E-state index < -0.39 is 0 Å². The molecule has 0 aliphatic rings. The summed E-state index contributed by atoms with van der Waals surface area (Å²) in [7, 11) is 0. The molecule has 0 bridgehead atoms. The number of benzene rings is 1. The molecule has 0 saturated carbocycles. The zero-order chi connectivity index (χ0) is 12.1. The van der Waals surface area contributed by atoms with Gasteiger partial charge in [-0.1, -0.05) is 36.4 Å². The standard InChI is InChI=1S/C14H13ClN2.HI/c1-11(13-4-6-14(15)7-5-13)17-10-12-3-2-8-16-9-12;/h2-9,17H,1,10H2;1H/p-1. The maximum absolute atomic E-state index is 5.83. The van der Waals surface area contributed by atoms with Crippen LogP contribution in [0.1, 0.15) is 11.1 Å². The molecule has 2 nitrogen and oxygen atoms in total. The molecule has 94 valence electrons. The highest BCUT2D eigenvalue weighted by Gasteiger charge is 1.98. The molecule has 1 aromatic carbocycles. The van der Waals surface area contributed by atoms with E-state index in [1.807, 2.05) is 42.6 Å². The topological polar surface area (TPSA) is 24.9 Å². The number of hydrogen-bond acceptors (Lipinski definition) is 2. The molecule has 0 spiro atoms. The first-order chi connectivity index (χ1) is 8.25. The number of nitrogens with one attached hydrogen (secondary N) is 1. The molecule has 0 atom stereocenters. The highest BCUT2D eigenvalue weighted by Crippen LogP contribution is 2.14. The first kappa shape index (κ1) is 15.0. The van der Waals surface area contributed by atoms with Gasteiger partial charge >= 0.3 is 0 Å². The van der Waals surface area contributed by atoms with E-state index in [4.69, 9.17) is 11.6 Å². The Kier molecular flexibility index (Phi) is 6.15. The fourth-order valence-corrected chi connectivity index (χ4v) is 1.59. The molecule has 0 amide bonds. The maximum atomic E-state index is 5.83. The smallest absolute Gasteiger partial charge is 0.0416 e. The molecule has 2 rings (SSSR count). The molecule has 0 fully saturated rings. The van der Waals surface area contributed by atoms with Crippen LogP contribution in [0.15, 0.2) is 55.4 Å². The van der Waals surface area contributed by atoms with Gasteiger partial charge in [0.15, 0.2) is 0 Å². The van der Waals surface area contributed by atoms with Gasteiger partial charge < -0.3 is 29.3 Å². The zero-order valence-electron chi connectivity index (χ0n) is 9.74. The second-order valence-electron chi connectivity index (χ2n) is 3.70. The lowest BCUT2D eigenvalue weighted by Crippen LogP contribution is -3.00. The molecule has 0 aliphatic carbocycles. The van der Waals surface area contributed by atoms with Crippen molar-refractivity contribution in [3.05, 3.63) is 71.5 Å². The molecule has 0 radical (unpaired) electrons.